The van der Waals surface area contributed by atoms with E-state index < -0.39 is 0 Å². The Morgan fingerprint density at radius 3 is 2.10 bits per heavy atom. The molecule has 0 saturated heterocycles. The molecule has 0 unspecified atom stereocenters. The van der Waals surface area contributed by atoms with Crippen LogP contribution in [0.15, 0.2) is 0 Å². The van der Waals surface area contributed by atoms with Crippen LogP contribution in [0, 0.1) is 42.4 Å². The molecule has 0 aliphatic rings. The van der Waals surface area contributed by atoms with Gasteiger partial charge < -0.3 is 0 Å². The van der Waals surface area contributed by atoms with Crippen molar-refractivity contribution in [1.82, 2.24) is 0 Å². The van der Waals surface area contributed by atoms with Crippen LogP contribution in [0.1, 0.15) is 19.8 Å². The van der Waals surface area contributed by atoms with Gasteiger partial charge in [0, 0.05) is 6.92 Å². The largest absolute Gasteiger partial charge is 0.106 e. The summed E-state index contributed by atoms with van der Waals surface area (Å²) in [6, 6.07) is 0. The summed E-state index contributed by atoms with van der Waals surface area (Å²) in [5, 5.41) is 0. The molecule has 0 aromatic rings. The van der Waals surface area contributed by atoms with E-state index in [9.17, 15) is 0 Å². The van der Waals surface area contributed by atoms with Crippen LogP contribution in [0.4, 0.5) is 0 Å². The summed E-state index contributed by atoms with van der Waals surface area (Å²) >= 11 is 0. The van der Waals surface area contributed by atoms with Gasteiger partial charge in [0.1, 0.15) is 0 Å². The lowest BCUT2D eigenvalue weighted by atomic mass is 10.3. The Morgan fingerprint density at radius 1 is 1.00 bits per heavy atom. The van der Waals surface area contributed by atoms with E-state index in [0.29, 0.717) is 12.8 Å². The molecular weight excluding hydrogens is 120 g/mol. The van der Waals surface area contributed by atoms with E-state index in [4.69, 9.17) is 0 Å². The third-order valence-electron chi connectivity index (χ3n) is 0.780. The van der Waals surface area contributed by atoms with Crippen molar-refractivity contribution in [2.45, 2.75) is 19.8 Å². The van der Waals surface area contributed by atoms with Gasteiger partial charge in [0.15, 0.2) is 0 Å². The minimum absolute atomic E-state index is 0.606. The van der Waals surface area contributed by atoms with Crippen molar-refractivity contribution in [2.24, 2.45) is 0 Å². The monoisotopic (exact) mass is 129 g/mol. The Labute approximate surface area is 63.0 Å². The molecule has 0 bridgehead atoms. The van der Waals surface area contributed by atoms with Crippen LogP contribution in [0.5, 0.6) is 0 Å². The molecule has 0 atom stereocenters. The van der Waals surface area contributed by atoms with Crippen LogP contribution in [-0.2, 0) is 0 Å². The molecule has 0 heterocycles. The average Bonchev–Trinajstić information content (AvgIpc) is 1.97. The molecule has 0 aromatic carbocycles. The van der Waals surface area contributed by atoms with Crippen molar-refractivity contribution >= 4 is 0 Å². The zero-order valence-electron chi connectivity index (χ0n) is 6.12. The van der Waals surface area contributed by atoms with Gasteiger partial charge in [-0.05, 0) is 6.92 Å². The maximum atomic E-state index is 3.36. The lowest BCUT2D eigenvalue weighted by molar-refractivity contribution is 1.49. The predicted molar refractivity (Wildman–Crippen MR) is 43.6 cm³/mol. The fourth-order valence-corrected chi connectivity index (χ4v) is 0.364. The first kappa shape index (κ1) is 8.68. The van der Waals surface area contributed by atoms with Crippen molar-refractivity contribution in [3.63, 3.8) is 0 Å². The second-order valence-electron chi connectivity index (χ2n) is 1.49. The fourth-order valence-electron chi connectivity index (χ4n) is 0.364. The predicted octanol–water partition coefficient (Wildman–Crippen LogP) is 1.63. The first-order valence-corrected chi connectivity index (χ1v) is 3.02. The minimum Gasteiger partial charge on any atom is -0.106 e. The standard InChI is InChI=1S/C10H9/c1-3-5-7-9-10-8-6-4-2/h1,7-8H2,2H3. The van der Waals surface area contributed by atoms with Crippen molar-refractivity contribution in [3.8, 4) is 35.5 Å². The molecule has 0 amide bonds. The van der Waals surface area contributed by atoms with Gasteiger partial charge in [0.2, 0.25) is 0 Å². The molecule has 10 heavy (non-hydrogen) atoms. The smallest absolute Gasteiger partial charge is 0.0702 e. The molecule has 1 radical (unpaired) electrons. The zero-order chi connectivity index (χ0) is 7.66. The third kappa shape index (κ3) is 6.68. The molecule has 0 heteroatoms. The van der Waals surface area contributed by atoms with Gasteiger partial charge in [0.05, 0.1) is 12.8 Å². The van der Waals surface area contributed by atoms with Crippen LogP contribution < -0.4 is 0 Å². The van der Waals surface area contributed by atoms with Crippen molar-refractivity contribution < 1.29 is 0 Å². The zero-order valence-corrected chi connectivity index (χ0v) is 6.12. The average molecular weight is 129 g/mol. The summed E-state index contributed by atoms with van der Waals surface area (Å²) in [7, 11) is 0. The Balaban J connectivity index is 3.44. The van der Waals surface area contributed by atoms with Crippen molar-refractivity contribution in [3.05, 3.63) is 6.92 Å². The van der Waals surface area contributed by atoms with Gasteiger partial charge in [-0.1, -0.05) is 23.7 Å². The summed E-state index contributed by atoms with van der Waals surface area (Å²) in [4.78, 5) is 0. The van der Waals surface area contributed by atoms with E-state index >= 15 is 0 Å². The molecule has 0 aliphatic heterocycles. The lowest BCUT2D eigenvalue weighted by Crippen LogP contribution is -1.61. The molecule has 0 aliphatic carbocycles. The topological polar surface area (TPSA) is 0 Å². The third-order valence-corrected chi connectivity index (χ3v) is 0.780. The second kappa shape index (κ2) is 7.68. The highest BCUT2D eigenvalue weighted by atomic mass is 13.7. The molecular formula is C10H9. The lowest BCUT2D eigenvalue weighted by Gasteiger charge is -1.69. The Hall–Kier alpha value is -1.32. The Morgan fingerprint density at radius 2 is 1.60 bits per heavy atom. The number of rotatable bonds is 0. The Kier molecular flexibility index (Phi) is 6.67. The summed E-state index contributed by atoms with van der Waals surface area (Å²) in [6.45, 7) is 5.17. The van der Waals surface area contributed by atoms with Crippen LogP contribution in [0.25, 0.3) is 0 Å². The quantitative estimate of drug-likeness (QED) is 0.436. The molecule has 0 saturated carbocycles. The summed E-state index contributed by atoms with van der Waals surface area (Å²) < 4.78 is 0. The van der Waals surface area contributed by atoms with Crippen molar-refractivity contribution in [2.75, 3.05) is 0 Å². The van der Waals surface area contributed by atoms with Gasteiger partial charge in [-0.25, -0.2) is 0 Å². The van der Waals surface area contributed by atoms with E-state index in [-0.39, 0.29) is 0 Å². The molecule has 0 N–H and O–H groups in total. The SMILES string of the molecule is [CH2]C#CCC#CCC#CC. The highest BCUT2D eigenvalue weighted by Crippen LogP contribution is 1.73. The summed E-state index contributed by atoms with van der Waals surface area (Å²) in [5.41, 5.74) is 0. The van der Waals surface area contributed by atoms with Crippen LogP contribution in [-0.4, -0.2) is 0 Å². The normalized spacial score (nSPS) is 5.40. The fraction of sp³-hybridized carbons (Fsp3) is 0.300. The van der Waals surface area contributed by atoms with Crippen LogP contribution in [0.2, 0.25) is 0 Å². The van der Waals surface area contributed by atoms with E-state index in [2.05, 4.69) is 42.4 Å². The van der Waals surface area contributed by atoms with Gasteiger partial charge in [-0.2, -0.15) is 0 Å². The van der Waals surface area contributed by atoms with E-state index in [1.165, 1.54) is 0 Å². The van der Waals surface area contributed by atoms with E-state index in [0.717, 1.165) is 0 Å². The van der Waals surface area contributed by atoms with E-state index in [1.807, 2.05) is 0 Å². The van der Waals surface area contributed by atoms with Gasteiger partial charge in [0.25, 0.3) is 0 Å². The van der Waals surface area contributed by atoms with Gasteiger partial charge >= 0.3 is 0 Å². The second-order valence-corrected chi connectivity index (χ2v) is 1.49. The maximum Gasteiger partial charge on any atom is 0.0702 e. The minimum atomic E-state index is 0.606. The van der Waals surface area contributed by atoms with Crippen LogP contribution in [0.3, 0.4) is 0 Å². The molecule has 0 fully saturated rings. The summed E-state index contributed by atoms with van der Waals surface area (Å²) in [6.07, 6.45) is 1.25. The molecule has 0 rings (SSSR count). The molecule has 0 nitrogen and oxygen atoms in total. The van der Waals surface area contributed by atoms with Crippen molar-refractivity contribution in [1.29, 1.82) is 0 Å². The Bertz CT molecular complexity index is 213. The first-order chi connectivity index (χ1) is 4.91. The van der Waals surface area contributed by atoms with Gasteiger partial charge in [-0.3, -0.25) is 0 Å². The molecule has 0 aromatic heterocycles. The van der Waals surface area contributed by atoms with Crippen LogP contribution >= 0.6 is 0 Å². The number of hydrogen-bond donors (Lipinski definition) is 0. The first-order valence-electron chi connectivity index (χ1n) is 3.02. The maximum absolute atomic E-state index is 3.36. The number of hydrogen-bond acceptors (Lipinski definition) is 0. The summed E-state index contributed by atoms with van der Waals surface area (Å²) in [5.74, 6) is 16.6. The molecule has 0 spiro atoms. The molecule has 49 valence electrons. The highest BCUT2D eigenvalue weighted by Gasteiger charge is 1.64. The highest BCUT2D eigenvalue weighted by molar-refractivity contribution is 5.16. The van der Waals surface area contributed by atoms with Gasteiger partial charge in [-0.15, -0.1) is 11.8 Å². The van der Waals surface area contributed by atoms with E-state index in [1.54, 1.807) is 6.92 Å².